The van der Waals surface area contributed by atoms with E-state index in [1.807, 2.05) is 0 Å². The topological polar surface area (TPSA) is 15.6 Å². The first-order valence-electron chi connectivity index (χ1n) is 10.9. The Hall–Kier alpha value is -1.05. The van der Waals surface area contributed by atoms with Crippen molar-refractivity contribution in [3.8, 4) is 0 Å². The molecule has 0 spiro atoms. The van der Waals surface area contributed by atoms with E-state index in [-0.39, 0.29) is 0 Å². The highest BCUT2D eigenvalue weighted by Crippen LogP contribution is 2.39. The van der Waals surface area contributed by atoms with Crippen molar-refractivity contribution in [2.45, 2.75) is 84.5 Å². The summed E-state index contributed by atoms with van der Waals surface area (Å²) in [5.41, 5.74) is 0.311. The van der Waals surface area contributed by atoms with Gasteiger partial charge in [0.1, 0.15) is 0 Å². The molecule has 0 aromatic heterocycles. The fourth-order valence-electron chi connectivity index (χ4n) is 4.26. The zero-order valence-electron chi connectivity index (χ0n) is 16.8. The summed E-state index contributed by atoms with van der Waals surface area (Å²) < 4.78 is 0. The second-order valence-corrected chi connectivity index (χ2v) is 8.19. The second kappa shape index (κ2) is 11.5. The monoisotopic (exact) mass is 344 g/mol. The van der Waals surface area contributed by atoms with Gasteiger partial charge in [0.2, 0.25) is 0 Å². The molecular weight excluding hydrogens is 304 g/mol. The van der Waals surface area contributed by atoms with E-state index in [0.29, 0.717) is 11.3 Å². The van der Waals surface area contributed by atoms with Crippen LogP contribution in [0.4, 0.5) is 0 Å². The first-order chi connectivity index (χ1) is 12.3. The van der Waals surface area contributed by atoms with Crippen LogP contribution >= 0.6 is 0 Å². The molecule has 0 N–H and O–H groups in total. The van der Waals surface area contributed by atoms with Crippen LogP contribution in [0.1, 0.15) is 84.5 Å². The van der Waals surface area contributed by atoms with E-state index in [2.05, 4.69) is 54.4 Å². The fourth-order valence-corrected chi connectivity index (χ4v) is 4.26. The van der Waals surface area contributed by atoms with Gasteiger partial charge in [-0.3, -0.25) is 4.99 Å². The van der Waals surface area contributed by atoms with Crippen molar-refractivity contribution in [3.05, 3.63) is 24.3 Å². The Kier molecular flexibility index (Phi) is 9.36. The molecule has 0 aromatic rings. The molecule has 0 bridgehead atoms. The molecule has 0 saturated heterocycles. The summed E-state index contributed by atoms with van der Waals surface area (Å²) in [7, 11) is 0. The van der Waals surface area contributed by atoms with Gasteiger partial charge in [-0.15, -0.1) is 0 Å². The van der Waals surface area contributed by atoms with Crippen molar-refractivity contribution in [3.63, 3.8) is 0 Å². The summed E-state index contributed by atoms with van der Waals surface area (Å²) in [5, 5.41) is 0. The van der Waals surface area contributed by atoms with Crippen molar-refractivity contribution in [1.29, 1.82) is 0 Å². The Morgan fingerprint density at radius 1 is 0.960 bits per heavy atom. The molecule has 142 valence electrons. The molecule has 0 amide bonds. The number of unbranched alkanes of at least 4 members (excludes halogenated alkanes) is 9. The van der Waals surface area contributed by atoms with E-state index in [4.69, 9.17) is 0 Å². The van der Waals surface area contributed by atoms with Crippen LogP contribution in [0.3, 0.4) is 0 Å². The number of aliphatic imine (C=N–C) groups is 1. The van der Waals surface area contributed by atoms with Crippen LogP contribution in [0.5, 0.6) is 0 Å². The van der Waals surface area contributed by atoms with Crippen LogP contribution in [0.2, 0.25) is 0 Å². The molecule has 0 saturated carbocycles. The van der Waals surface area contributed by atoms with E-state index in [9.17, 15) is 0 Å². The van der Waals surface area contributed by atoms with E-state index in [1.165, 1.54) is 70.6 Å². The second-order valence-electron chi connectivity index (χ2n) is 8.19. The summed E-state index contributed by atoms with van der Waals surface area (Å²) in [4.78, 5) is 6.83. The predicted molar refractivity (Wildman–Crippen MR) is 111 cm³/mol. The van der Waals surface area contributed by atoms with Crippen LogP contribution in [-0.4, -0.2) is 30.9 Å². The number of nitrogens with zero attached hydrogens (tertiary/aromatic N) is 2. The van der Waals surface area contributed by atoms with Gasteiger partial charge in [-0.1, -0.05) is 102 Å². The first kappa shape index (κ1) is 20.3. The zero-order valence-corrected chi connectivity index (χ0v) is 16.8. The maximum atomic E-state index is 4.40. The van der Waals surface area contributed by atoms with Crippen LogP contribution in [-0.2, 0) is 0 Å². The summed E-state index contributed by atoms with van der Waals surface area (Å²) in [6, 6.07) is 0. The molecule has 2 nitrogen and oxygen atoms in total. The number of allylic oxidation sites excluding steroid dienone is 3. The van der Waals surface area contributed by atoms with Crippen LogP contribution in [0.15, 0.2) is 29.3 Å². The highest BCUT2D eigenvalue weighted by atomic mass is 15.2. The Balaban J connectivity index is 1.64. The minimum Gasteiger partial charge on any atom is -0.360 e. The molecule has 2 atom stereocenters. The normalized spacial score (nSPS) is 25.2. The summed E-state index contributed by atoms with van der Waals surface area (Å²) >= 11 is 0. The van der Waals surface area contributed by atoms with Crippen LogP contribution in [0.25, 0.3) is 0 Å². The highest BCUT2D eigenvalue weighted by molar-refractivity contribution is 5.57. The fraction of sp³-hybridized carbons (Fsp3) is 0.783. The van der Waals surface area contributed by atoms with Crippen molar-refractivity contribution in [1.82, 2.24) is 4.90 Å². The smallest absolute Gasteiger partial charge is 0.0851 e. The molecule has 2 rings (SSSR count). The Morgan fingerprint density at radius 3 is 2.24 bits per heavy atom. The predicted octanol–water partition coefficient (Wildman–Crippen LogP) is 6.39. The minimum atomic E-state index is 0.311. The third-order valence-electron chi connectivity index (χ3n) is 6.10. The van der Waals surface area contributed by atoms with Crippen molar-refractivity contribution < 1.29 is 0 Å². The molecule has 2 aliphatic rings. The average Bonchev–Trinajstić information content (AvgIpc) is 3.12. The van der Waals surface area contributed by atoms with Crippen molar-refractivity contribution in [2.24, 2.45) is 16.3 Å². The maximum absolute atomic E-state index is 4.40. The molecule has 0 fully saturated rings. The highest BCUT2D eigenvalue weighted by Gasteiger charge is 2.34. The van der Waals surface area contributed by atoms with Gasteiger partial charge >= 0.3 is 0 Å². The van der Waals surface area contributed by atoms with Gasteiger partial charge in [-0.05, 0) is 12.3 Å². The minimum absolute atomic E-state index is 0.311. The van der Waals surface area contributed by atoms with Gasteiger partial charge in [0.25, 0.3) is 0 Å². The molecular formula is C23H40N2. The zero-order chi connectivity index (χ0) is 17.8. The van der Waals surface area contributed by atoms with E-state index in [1.54, 1.807) is 0 Å². The maximum Gasteiger partial charge on any atom is 0.0851 e. The van der Waals surface area contributed by atoms with Crippen molar-refractivity contribution in [2.75, 3.05) is 19.6 Å². The van der Waals surface area contributed by atoms with Crippen molar-refractivity contribution >= 4 is 6.34 Å². The van der Waals surface area contributed by atoms with Gasteiger partial charge in [0.05, 0.1) is 12.9 Å². The van der Waals surface area contributed by atoms with Crippen LogP contribution < -0.4 is 0 Å². The molecule has 1 aliphatic carbocycles. The molecule has 2 heteroatoms. The summed E-state index contributed by atoms with van der Waals surface area (Å²) in [6.07, 6.45) is 26.9. The molecule has 2 unspecified atom stereocenters. The third kappa shape index (κ3) is 6.99. The lowest BCUT2D eigenvalue weighted by Crippen LogP contribution is -2.40. The molecule has 1 heterocycles. The van der Waals surface area contributed by atoms with Crippen LogP contribution in [0, 0.1) is 11.3 Å². The summed E-state index contributed by atoms with van der Waals surface area (Å²) in [6.45, 7) is 7.90. The average molecular weight is 345 g/mol. The van der Waals surface area contributed by atoms with Gasteiger partial charge in [0, 0.05) is 18.5 Å². The lowest BCUT2D eigenvalue weighted by Gasteiger charge is -2.40. The molecule has 0 radical (unpaired) electrons. The molecule has 25 heavy (non-hydrogen) atoms. The summed E-state index contributed by atoms with van der Waals surface area (Å²) in [5.74, 6) is 0.630. The Morgan fingerprint density at radius 2 is 1.64 bits per heavy atom. The van der Waals surface area contributed by atoms with E-state index in [0.717, 1.165) is 19.6 Å². The van der Waals surface area contributed by atoms with Gasteiger partial charge in [-0.2, -0.15) is 0 Å². The largest absolute Gasteiger partial charge is 0.360 e. The lowest BCUT2D eigenvalue weighted by molar-refractivity contribution is 0.200. The van der Waals surface area contributed by atoms with E-state index < -0.39 is 0 Å². The standard InChI is InChI=1S/C23H40N2/c1-3-4-5-6-7-8-9-10-11-13-16-23(17-14-12-15-22(23)2)20-25-19-18-24-21-25/h12,14-15,17,21-22H,3-11,13,16,18-20H2,1-2H3. The first-order valence-corrected chi connectivity index (χ1v) is 10.9. The SMILES string of the molecule is CCCCCCCCCCCCC1(CN2C=NCC2)C=CC=CC1C. The van der Waals surface area contributed by atoms with E-state index >= 15 is 0 Å². The Bertz CT molecular complexity index is 437. The third-order valence-corrected chi connectivity index (χ3v) is 6.10. The van der Waals surface area contributed by atoms with Gasteiger partial charge < -0.3 is 4.90 Å². The molecule has 1 aliphatic heterocycles. The number of hydrogen-bond donors (Lipinski definition) is 0. The number of hydrogen-bond acceptors (Lipinski definition) is 2. The quantitative estimate of drug-likeness (QED) is 0.353. The van der Waals surface area contributed by atoms with Gasteiger partial charge in [-0.25, -0.2) is 0 Å². The van der Waals surface area contributed by atoms with Gasteiger partial charge in [0.15, 0.2) is 0 Å². The lowest BCUT2D eigenvalue weighted by atomic mass is 9.70. The number of rotatable bonds is 13. The Labute approximate surface area is 156 Å². The molecule has 0 aromatic carbocycles.